The highest BCUT2D eigenvalue weighted by atomic mass is 32.2. The number of carbonyl (C=O) groups is 1. The zero-order valence-corrected chi connectivity index (χ0v) is 19.8. The molecule has 3 aromatic carbocycles. The highest BCUT2D eigenvalue weighted by molar-refractivity contribution is 7.89. The fourth-order valence-electron chi connectivity index (χ4n) is 3.78. The number of nitrogens with zero attached hydrogens (tertiary/aromatic N) is 2. The van der Waals surface area contributed by atoms with Crippen molar-refractivity contribution < 1.29 is 21.6 Å². The van der Waals surface area contributed by atoms with Crippen molar-refractivity contribution >= 4 is 42.4 Å². The number of amides is 1. The summed E-state index contributed by atoms with van der Waals surface area (Å²) >= 11 is 0. The number of nitrogens with one attached hydrogen (secondary N) is 1. The lowest BCUT2D eigenvalue weighted by Gasteiger charge is -2.18. The summed E-state index contributed by atoms with van der Waals surface area (Å²) in [7, 11) is -6.06. The Bertz CT molecular complexity index is 1380. The van der Waals surface area contributed by atoms with Crippen LogP contribution in [-0.4, -0.2) is 58.0 Å². The van der Waals surface area contributed by atoms with Crippen molar-refractivity contribution in [1.29, 1.82) is 0 Å². The Morgan fingerprint density at radius 3 is 2.15 bits per heavy atom. The van der Waals surface area contributed by atoms with Crippen LogP contribution in [0.3, 0.4) is 0 Å². The minimum atomic E-state index is -3.87. The maximum absolute atomic E-state index is 12.9. The Labute approximate surface area is 193 Å². The fourth-order valence-corrected chi connectivity index (χ4v) is 6.46. The van der Waals surface area contributed by atoms with E-state index < -0.39 is 26.0 Å². The molecule has 8 nitrogen and oxygen atoms in total. The van der Waals surface area contributed by atoms with E-state index in [-0.39, 0.29) is 16.3 Å². The van der Waals surface area contributed by atoms with Crippen LogP contribution in [0, 0.1) is 0 Å². The van der Waals surface area contributed by atoms with Crippen molar-refractivity contribution in [3.05, 3.63) is 66.7 Å². The van der Waals surface area contributed by atoms with E-state index in [1.165, 1.54) is 41.7 Å². The van der Waals surface area contributed by atoms with Crippen LogP contribution < -0.4 is 5.32 Å². The van der Waals surface area contributed by atoms with E-state index in [9.17, 15) is 21.6 Å². The van der Waals surface area contributed by atoms with E-state index in [4.69, 9.17) is 0 Å². The number of benzene rings is 3. The van der Waals surface area contributed by atoms with Crippen molar-refractivity contribution in [3.8, 4) is 0 Å². The lowest BCUT2D eigenvalue weighted by atomic mass is 10.1. The average molecular weight is 488 g/mol. The van der Waals surface area contributed by atoms with Crippen LogP contribution >= 0.6 is 0 Å². The number of carbonyl (C=O) groups excluding carboxylic acids is 1. The molecule has 174 valence electrons. The smallest absolute Gasteiger partial charge is 0.243 e. The van der Waals surface area contributed by atoms with Gasteiger partial charge in [0.2, 0.25) is 26.0 Å². The van der Waals surface area contributed by atoms with E-state index in [0.717, 1.165) is 27.9 Å². The second-order valence-corrected chi connectivity index (χ2v) is 11.9. The van der Waals surface area contributed by atoms with Gasteiger partial charge in [0.15, 0.2) is 0 Å². The van der Waals surface area contributed by atoms with Gasteiger partial charge in [-0.2, -0.15) is 8.61 Å². The summed E-state index contributed by atoms with van der Waals surface area (Å²) in [6.07, 6.45) is 1.70. The highest BCUT2D eigenvalue weighted by Crippen LogP contribution is 2.23. The van der Waals surface area contributed by atoms with Crippen LogP contribution in [0.2, 0.25) is 0 Å². The van der Waals surface area contributed by atoms with Crippen LogP contribution in [-0.2, 0) is 24.8 Å². The van der Waals surface area contributed by atoms with E-state index >= 15 is 0 Å². The van der Waals surface area contributed by atoms with Gasteiger partial charge in [0.1, 0.15) is 0 Å². The first-order valence-corrected chi connectivity index (χ1v) is 13.4. The van der Waals surface area contributed by atoms with Gasteiger partial charge in [-0.15, -0.1) is 0 Å². The molecule has 10 heteroatoms. The topological polar surface area (TPSA) is 104 Å². The largest absolute Gasteiger partial charge is 0.325 e. The summed E-state index contributed by atoms with van der Waals surface area (Å²) in [5, 5.41) is 4.34. The number of rotatable bonds is 7. The molecule has 1 fully saturated rings. The minimum Gasteiger partial charge on any atom is -0.325 e. The fraction of sp³-hybridized carbons (Fsp3) is 0.261. The van der Waals surface area contributed by atoms with Crippen LogP contribution in [0.15, 0.2) is 76.5 Å². The van der Waals surface area contributed by atoms with E-state index in [0.29, 0.717) is 18.8 Å². The van der Waals surface area contributed by atoms with Crippen molar-refractivity contribution in [1.82, 2.24) is 8.61 Å². The third-order valence-electron chi connectivity index (χ3n) is 5.64. The average Bonchev–Trinajstić information content (AvgIpc) is 3.35. The summed E-state index contributed by atoms with van der Waals surface area (Å²) in [5.41, 5.74) is 0.386. The summed E-state index contributed by atoms with van der Waals surface area (Å²) in [6.45, 7) is 0.640. The minimum absolute atomic E-state index is 0.105. The van der Waals surface area contributed by atoms with Gasteiger partial charge >= 0.3 is 0 Å². The number of hydrogen-bond donors (Lipinski definition) is 1. The first-order valence-electron chi connectivity index (χ1n) is 10.5. The molecule has 1 N–H and O–H groups in total. The van der Waals surface area contributed by atoms with Gasteiger partial charge in [-0.1, -0.05) is 30.3 Å². The molecule has 1 amide bonds. The Hall–Kier alpha value is -2.79. The SMILES string of the molecule is CN(CC(=O)Nc1ccc(S(=O)(=O)N2CCCC2)cc1)S(=O)(=O)c1ccc2ccccc2c1. The molecule has 0 radical (unpaired) electrons. The molecule has 33 heavy (non-hydrogen) atoms. The van der Waals surface area contributed by atoms with E-state index in [1.807, 2.05) is 24.3 Å². The molecule has 1 aliphatic rings. The summed E-state index contributed by atoms with van der Waals surface area (Å²) in [4.78, 5) is 12.7. The maximum Gasteiger partial charge on any atom is 0.243 e. The Balaban J connectivity index is 1.42. The Morgan fingerprint density at radius 2 is 1.48 bits per heavy atom. The van der Waals surface area contributed by atoms with Crippen LogP contribution in [0.4, 0.5) is 5.69 Å². The molecule has 1 saturated heterocycles. The van der Waals surface area contributed by atoms with Crippen LogP contribution in [0.25, 0.3) is 10.8 Å². The monoisotopic (exact) mass is 487 g/mol. The van der Waals surface area contributed by atoms with Gasteiger partial charge in [0.25, 0.3) is 0 Å². The molecule has 0 spiro atoms. The van der Waals surface area contributed by atoms with Crippen LogP contribution in [0.1, 0.15) is 12.8 Å². The first kappa shape index (κ1) is 23.4. The van der Waals surface area contributed by atoms with E-state index in [2.05, 4.69) is 5.32 Å². The third-order valence-corrected chi connectivity index (χ3v) is 9.35. The number of hydrogen-bond acceptors (Lipinski definition) is 5. The van der Waals surface area contributed by atoms with Crippen molar-refractivity contribution in [2.75, 3.05) is 32.0 Å². The predicted octanol–water partition coefficient (Wildman–Crippen LogP) is 2.88. The molecule has 0 aromatic heterocycles. The van der Waals surface area contributed by atoms with Gasteiger partial charge in [-0.3, -0.25) is 4.79 Å². The Morgan fingerprint density at radius 1 is 0.879 bits per heavy atom. The molecular weight excluding hydrogens is 462 g/mol. The number of anilines is 1. The molecule has 1 heterocycles. The molecule has 0 bridgehead atoms. The molecule has 0 atom stereocenters. The molecule has 0 unspecified atom stereocenters. The lowest BCUT2D eigenvalue weighted by Crippen LogP contribution is -2.35. The molecule has 0 aliphatic carbocycles. The van der Waals surface area contributed by atoms with Crippen LogP contribution in [0.5, 0.6) is 0 Å². The van der Waals surface area contributed by atoms with E-state index in [1.54, 1.807) is 12.1 Å². The number of likely N-dealkylation sites (N-methyl/N-ethyl adjacent to an activating group) is 1. The van der Waals surface area contributed by atoms with Gasteiger partial charge in [-0.25, -0.2) is 16.8 Å². The van der Waals surface area contributed by atoms with Gasteiger partial charge in [-0.05, 0) is 60.0 Å². The van der Waals surface area contributed by atoms with Crippen molar-refractivity contribution in [3.63, 3.8) is 0 Å². The quantitative estimate of drug-likeness (QED) is 0.552. The summed E-state index contributed by atoms with van der Waals surface area (Å²) in [6, 6.07) is 18.1. The van der Waals surface area contributed by atoms with Gasteiger partial charge < -0.3 is 5.32 Å². The Kier molecular flexibility index (Phi) is 6.53. The summed E-state index contributed by atoms with van der Waals surface area (Å²) < 4.78 is 53.5. The second kappa shape index (κ2) is 9.22. The maximum atomic E-state index is 12.9. The van der Waals surface area contributed by atoms with Gasteiger partial charge in [0.05, 0.1) is 16.3 Å². The molecule has 1 aliphatic heterocycles. The second-order valence-electron chi connectivity index (χ2n) is 7.95. The third kappa shape index (κ3) is 4.93. The first-order chi connectivity index (χ1) is 15.7. The predicted molar refractivity (Wildman–Crippen MR) is 127 cm³/mol. The molecule has 0 saturated carbocycles. The highest BCUT2D eigenvalue weighted by Gasteiger charge is 2.27. The standard InChI is InChI=1S/C23H25N3O5S2/c1-25(32(28,29)22-11-8-18-6-2-3-7-19(18)16-22)17-23(27)24-20-9-12-21(13-10-20)33(30,31)26-14-4-5-15-26/h2-3,6-13,16H,4-5,14-15,17H2,1H3,(H,24,27). The normalized spacial score (nSPS) is 15.2. The van der Waals surface area contributed by atoms with Crippen molar-refractivity contribution in [2.45, 2.75) is 22.6 Å². The van der Waals surface area contributed by atoms with Crippen molar-refractivity contribution in [2.24, 2.45) is 0 Å². The molecule has 4 rings (SSSR count). The zero-order chi connectivity index (χ0) is 23.6. The lowest BCUT2D eigenvalue weighted by molar-refractivity contribution is -0.116. The molecule has 3 aromatic rings. The number of sulfonamides is 2. The molecular formula is C23H25N3O5S2. The summed E-state index contributed by atoms with van der Waals surface area (Å²) in [5.74, 6) is -0.531. The zero-order valence-electron chi connectivity index (χ0n) is 18.1. The van der Waals surface area contributed by atoms with Gasteiger partial charge in [0, 0.05) is 25.8 Å². The number of fused-ring (bicyclic) bond motifs is 1.